The van der Waals surface area contributed by atoms with Gasteiger partial charge < -0.3 is 24.0 Å². The molecular weight excluding hydrogens is 388 g/mol. The van der Waals surface area contributed by atoms with Crippen LogP contribution in [0.5, 0.6) is 0 Å². The van der Waals surface area contributed by atoms with E-state index in [1.165, 1.54) is 14.5 Å². The van der Waals surface area contributed by atoms with Crippen molar-refractivity contribution in [2.45, 2.75) is 0 Å². The lowest BCUT2D eigenvalue weighted by molar-refractivity contribution is -0.682. The first kappa shape index (κ1) is 11.2. The number of pyridine rings is 1. The van der Waals surface area contributed by atoms with E-state index in [1.54, 1.807) is 0 Å². The van der Waals surface area contributed by atoms with Gasteiger partial charge in [0.05, 0.1) is 5.39 Å². The number of hydrogen-bond acceptors (Lipinski definition) is 0. The van der Waals surface area contributed by atoms with Gasteiger partial charge in [0.1, 0.15) is 7.05 Å². The molecule has 68 valence electrons. The maximum Gasteiger partial charge on any atom is 0.248 e. The third-order valence-electron chi connectivity index (χ3n) is 1.97. The molecule has 3 heteroatoms. The van der Waals surface area contributed by atoms with E-state index in [-0.39, 0.29) is 24.0 Å². The Hall–Kier alpha value is 0.0900. The monoisotopic (exact) mass is 397 g/mol. The topological polar surface area (TPSA) is 3.88 Å². The maximum absolute atomic E-state index is 2.37. The second-order valence-corrected chi connectivity index (χ2v) is 3.83. The minimum Gasteiger partial charge on any atom is -1.00 e. The fourth-order valence-electron chi connectivity index (χ4n) is 1.28. The number of hydrogen-bond donors (Lipinski definition) is 0. The van der Waals surface area contributed by atoms with Crippen molar-refractivity contribution in [1.29, 1.82) is 0 Å². The Labute approximate surface area is 108 Å². The normalized spacial score (nSPS) is 9.69. The summed E-state index contributed by atoms with van der Waals surface area (Å²) in [5.41, 5.74) is 0. The van der Waals surface area contributed by atoms with Crippen LogP contribution in [0.3, 0.4) is 0 Å². The van der Waals surface area contributed by atoms with Crippen molar-refractivity contribution >= 4 is 33.4 Å². The Balaban J connectivity index is 0.000000845. The molecule has 1 aromatic heterocycles. The molecule has 0 bridgehead atoms. The summed E-state index contributed by atoms with van der Waals surface area (Å²) in [6, 6.07) is 10.6. The summed E-state index contributed by atoms with van der Waals surface area (Å²) in [4.78, 5) is 0. The van der Waals surface area contributed by atoms with Crippen LogP contribution in [0, 0.1) is 3.70 Å². The maximum atomic E-state index is 2.37. The quantitative estimate of drug-likeness (QED) is 0.314. The van der Waals surface area contributed by atoms with Gasteiger partial charge >= 0.3 is 0 Å². The van der Waals surface area contributed by atoms with E-state index >= 15 is 0 Å². The van der Waals surface area contributed by atoms with Gasteiger partial charge in [0.25, 0.3) is 0 Å². The largest absolute Gasteiger partial charge is 1.00 e. The van der Waals surface area contributed by atoms with E-state index in [0.29, 0.717) is 0 Å². The Morgan fingerprint density at radius 2 is 1.85 bits per heavy atom. The molecule has 1 nitrogen and oxygen atoms in total. The van der Waals surface area contributed by atoms with Crippen molar-refractivity contribution in [1.82, 2.24) is 0 Å². The number of nitrogens with zero attached hydrogens (tertiary/aromatic N) is 1. The van der Waals surface area contributed by atoms with Gasteiger partial charge in [-0.3, -0.25) is 0 Å². The Morgan fingerprint density at radius 1 is 1.15 bits per heavy atom. The highest BCUT2D eigenvalue weighted by Crippen LogP contribution is 2.15. The molecule has 1 aromatic carbocycles. The Morgan fingerprint density at radius 3 is 2.62 bits per heavy atom. The molecule has 0 atom stereocenters. The van der Waals surface area contributed by atoms with Crippen molar-refractivity contribution in [2.24, 2.45) is 7.05 Å². The average molecular weight is 397 g/mol. The first-order chi connectivity index (χ1) is 5.79. The summed E-state index contributed by atoms with van der Waals surface area (Å²) in [5.74, 6) is 0. The Kier molecular flexibility index (Phi) is 3.90. The summed E-state index contributed by atoms with van der Waals surface area (Å²) >= 11 is 2.37. The van der Waals surface area contributed by atoms with Crippen molar-refractivity contribution in [3.63, 3.8) is 0 Å². The van der Waals surface area contributed by atoms with Gasteiger partial charge in [0.2, 0.25) is 3.70 Å². The van der Waals surface area contributed by atoms with E-state index in [1.807, 2.05) is 0 Å². The number of aryl methyl sites for hydroxylation is 1. The van der Waals surface area contributed by atoms with Gasteiger partial charge in [-0.15, -0.1) is 0 Å². The van der Waals surface area contributed by atoms with E-state index in [9.17, 15) is 0 Å². The summed E-state index contributed by atoms with van der Waals surface area (Å²) in [5, 5.41) is 2.63. The summed E-state index contributed by atoms with van der Waals surface area (Å²) in [6.45, 7) is 0. The van der Waals surface area contributed by atoms with Gasteiger partial charge in [-0.25, -0.2) is 0 Å². The minimum absolute atomic E-state index is 0. The molecule has 0 aliphatic carbocycles. The zero-order valence-corrected chi connectivity index (χ0v) is 11.5. The van der Waals surface area contributed by atoms with Crippen LogP contribution in [0.2, 0.25) is 0 Å². The van der Waals surface area contributed by atoms with Crippen LogP contribution in [-0.2, 0) is 7.05 Å². The fraction of sp³-hybridized carbons (Fsp3) is 0.100. The molecule has 0 spiro atoms. The summed E-state index contributed by atoms with van der Waals surface area (Å²) in [7, 11) is 2.06. The predicted octanol–water partition coefficient (Wildman–Crippen LogP) is -0.727. The van der Waals surface area contributed by atoms with Crippen LogP contribution < -0.4 is 28.5 Å². The molecule has 0 N–H and O–H groups in total. The summed E-state index contributed by atoms with van der Waals surface area (Å²) in [6.07, 6.45) is 2.09. The third-order valence-corrected chi connectivity index (χ3v) is 3.31. The van der Waals surface area contributed by atoms with Gasteiger partial charge in [-0.1, -0.05) is 18.2 Å². The molecule has 0 aliphatic heterocycles. The lowest BCUT2D eigenvalue weighted by atomic mass is 10.2. The van der Waals surface area contributed by atoms with Crippen LogP contribution >= 0.6 is 22.6 Å². The lowest BCUT2D eigenvalue weighted by Crippen LogP contribution is -3.00. The van der Waals surface area contributed by atoms with Crippen LogP contribution in [0.4, 0.5) is 0 Å². The van der Waals surface area contributed by atoms with Crippen molar-refractivity contribution in [3.8, 4) is 0 Å². The summed E-state index contributed by atoms with van der Waals surface area (Å²) < 4.78 is 3.41. The number of rotatable bonds is 0. The van der Waals surface area contributed by atoms with E-state index in [4.69, 9.17) is 0 Å². The van der Waals surface area contributed by atoms with E-state index in [2.05, 4.69) is 70.7 Å². The fourth-order valence-corrected chi connectivity index (χ4v) is 1.93. The third kappa shape index (κ3) is 2.12. The van der Waals surface area contributed by atoms with Crippen LogP contribution in [0.1, 0.15) is 0 Å². The SMILES string of the molecule is C[n+]1ccc2ccccc2c1I.[I-]. The first-order valence-electron chi connectivity index (χ1n) is 3.82. The highest BCUT2D eigenvalue weighted by molar-refractivity contribution is 14.1. The molecule has 0 amide bonds. The zero-order valence-electron chi connectivity index (χ0n) is 7.17. The molecular formula is C10H9I2N. The minimum atomic E-state index is 0. The zero-order chi connectivity index (χ0) is 8.55. The molecule has 13 heavy (non-hydrogen) atoms. The molecule has 1 heterocycles. The Bertz CT molecular complexity index is 426. The second-order valence-electron chi connectivity index (χ2n) is 2.80. The molecule has 0 unspecified atom stereocenters. The average Bonchev–Trinajstić information content (AvgIpc) is 2.12. The first-order valence-corrected chi connectivity index (χ1v) is 4.90. The number of aromatic nitrogens is 1. The highest BCUT2D eigenvalue weighted by atomic mass is 127. The molecule has 2 rings (SSSR count). The van der Waals surface area contributed by atoms with Crippen LogP contribution in [0.15, 0.2) is 36.5 Å². The predicted molar refractivity (Wildman–Crippen MR) is 57.8 cm³/mol. The molecule has 0 aliphatic rings. The van der Waals surface area contributed by atoms with Crippen LogP contribution in [0.25, 0.3) is 10.8 Å². The standard InChI is InChI=1S/C10H9IN.HI/c1-12-7-6-8-4-2-3-5-9(8)10(12)11;/h2-7H,1H3;1H/q+1;/p-1. The molecule has 0 fully saturated rings. The van der Waals surface area contributed by atoms with Crippen molar-refractivity contribution < 1.29 is 28.5 Å². The van der Waals surface area contributed by atoms with Gasteiger partial charge in [-0.05, 0) is 11.5 Å². The van der Waals surface area contributed by atoms with Crippen molar-refractivity contribution in [3.05, 3.63) is 40.2 Å². The van der Waals surface area contributed by atoms with Gasteiger partial charge in [0, 0.05) is 28.7 Å². The molecule has 0 saturated heterocycles. The molecule has 0 saturated carbocycles. The number of benzene rings is 1. The number of halogens is 2. The van der Waals surface area contributed by atoms with Crippen LogP contribution in [-0.4, -0.2) is 0 Å². The molecule has 0 radical (unpaired) electrons. The lowest BCUT2D eigenvalue weighted by Gasteiger charge is -1.97. The van der Waals surface area contributed by atoms with E-state index in [0.717, 1.165) is 0 Å². The smallest absolute Gasteiger partial charge is 0.248 e. The molecule has 2 aromatic rings. The van der Waals surface area contributed by atoms with Gasteiger partial charge in [0.15, 0.2) is 6.20 Å². The van der Waals surface area contributed by atoms with E-state index < -0.39 is 0 Å². The van der Waals surface area contributed by atoms with Gasteiger partial charge in [-0.2, -0.15) is 4.57 Å². The second kappa shape index (κ2) is 4.54. The number of fused-ring (bicyclic) bond motifs is 1. The van der Waals surface area contributed by atoms with Crippen molar-refractivity contribution in [2.75, 3.05) is 0 Å². The highest BCUT2D eigenvalue weighted by Gasteiger charge is 2.06.